The van der Waals surface area contributed by atoms with Crippen LogP contribution in [-0.2, 0) is 0 Å². The lowest BCUT2D eigenvalue weighted by molar-refractivity contribution is 0.166. The molecule has 94 valence electrons. The molecule has 1 aliphatic heterocycles. The quantitative estimate of drug-likeness (QED) is 0.884. The largest absolute Gasteiger partial charge is 0.486 e. The highest BCUT2D eigenvalue weighted by Crippen LogP contribution is 2.43. The molecule has 0 spiro atoms. The van der Waals surface area contributed by atoms with Gasteiger partial charge < -0.3 is 15.2 Å². The summed E-state index contributed by atoms with van der Waals surface area (Å²) in [5, 5.41) is 0. The smallest absolute Gasteiger partial charge is 0.166 e. The summed E-state index contributed by atoms with van der Waals surface area (Å²) in [5.74, 6) is 2.34. The van der Waals surface area contributed by atoms with Crippen molar-refractivity contribution in [3.63, 3.8) is 0 Å². The number of rotatable bonds is 2. The summed E-state index contributed by atoms with van der Waals surface area (Å²) in [7, 11) is 0. The number of hydrogen-bond acceptors (Lipinski definition) is 3. The van der Waals surface area contributed by atoms with E-state index in [0.29, 0.717) is 19.1 Å². The van der Waals surface area contributed by atoms with Crippen LogP contribution >= 0.6 is 12.4 Å². The van der Waals surface area contributed by atoms with Crippen LogP contribution in [-0.4, -0.2) is 13.2 Å². The summed E-state index contributed by atoms with van der Waals surface area (Å²) in [5.41, 5.74) is 7.40. The number of para-hydroxylation sites is 1. The summed E-state index contributed by atoms with van der Waals surface area (Å²) >= 11 is 0. The first-order valence-electron chi connectivity index (χ1n) is 6.00. The second-order valence-corrected chi connectivity index (χ2v) is 4.59. The van der Waals surface area contributed by atoms with Crippen molar-refractivity contribution in [3.05, 3.63) is 23.8 Å². The SMILES string of the molecule is Cl.N[C@@H](c1cccc2c1OCCO2)C1CCC1. The highest BCUT2D eigenvalue weighted by molar-refractivity contribution is 5.85. The highest BCUT2D eigenvalue weighted by Gasteiger charge is 2.29. The van der Waals surface area contributed by atoms with Gasteiger partial charge in [0.2, 0.25) is 0 Å². The Kier molecular flexibility index (Phi) is 3.79. The lowest BCUT2D eigenvalue weighted by atomic mass is 9.77. The van der Waals surface area contributed by atoms with Crippen molar-refractivity contribution in [3.8, 4) is 11.5 Å². The summed E-state index contributed by atoms with van der Waals surface area (Å²) in [4.78, 5) is 0. The average Bonchev–Trinajstić information content (AvgIpc) is 2.26. The van der Waals surface area contributed by atoms with Gasteiger partial charge in [-0.15, -0.1) is 12.4 Å². The molecule has 1 heterocycles. The zero-order valence-corrected chi connectivity index (χ0v) is 10.5. The van der Waals surface area contributed by atoms with Crippen LogP contribution in [0.2, 0.25) is 0 Å². The van der Waals surface area contributed by atoms with E-state index in [0.717, 1.165) is 17.1 Å². The Morgan fingerprint density at radius 1 is 1.18 bits per heavy atom. The minimum atomic E-state index is 0. The molecule has 1 aromatic rings. The van der Waals surface area contributed by atoms with Gasteiger partial charge in [-0.2, -0.15) is 0 Å². The molecule has 1 fully saturated rings. The van der Waals surface area contributed by atoms with Gasteiger partial charge in [-0.05, 0) is 24.8 Å². The van der Waals surface area contributed by atoms with Crippen molar-refractivity contribution in [1.82, 2.24) is 0 Å². The Hall–Kier alpha value is -0.930. The normalized spacial score (nSPS) is 20.1. The fourth-order valence-electron chi connectivity index (χ4n) is 2.41. The third-order valence-electron chi connectivity index (χ3n) is 3.61. The van der Waals surface area contributed by atoms with Crippen LogP contribution in [0.15, 0.2) is 18.2 Å². The first kappa shape index (κ1) is 12.5. The molecular formula is C13H18ClNO2. The summed E-state index contributed by atoms with van der Waals surface area (Å²) in [6, 6.07) is 6.12. The zero-order valence-electron chi connectivity index (χ0n) is 9.72. The fourth-order valence-corrected chi connectivity index (χ4v) is 2.41. The molecule has 0 aromatic heterocycles. The zero-order chi connectivity index (χ0) is 11.0. The molecule has 0 radical (unpaired) electrons. The molecule has 2 aliphatic rings. The van der Waals surface area contributed by atoms with Gasteiger partial charge in [0.15, 0.2) is 11.5 Å². The van der Waals surface area contributed by atoms with Gasteiger partial charge in [-0.3, -0.25) is 0 Å². The van der Waals surface area contributed by atoms with E-state index < -0.39 is 0 Å². The van der Waals surface area contributed by atoms with E-state index >= 15 is 0 Å². The van der Waals surface area contributed by atoms with Gasteiger partial charge in [-0.1, -0.05) is 18.6 Å². The molecule has 4 heteroatoms. The van der Waals surface area contributed by atoms with Gasteiger partial charge in [0.05, 0.1) is 0 Å². The van der Waals surface area contributed by atoms with Crippen LogP contribution in [0.5, 0.6) is 11.5 Å². The number of halogens is 1. The molecular weight excluding hydrogens is 238 g/mol. The minimum Gasteiger partial charge on any atom is -0.486 e. The Morgan fingerprint density at radius 2 is 1.94 bits per heavy atom. The first-order chi connectivity index (χ1) is 7.86. The number of hydrogen-bond donors (Lipinski definition) is 1. The Bertz CT molecular complexity index is 393. The maximum Gasteiger partial charge on any atom is 0.166 e. The van der Waals surface area contributed by atoms with E-state index in [1.54, 1.807) is 0 Å². The van der Waals surface area contributed by atoms with Crippen molar-refractivity contribution in [2.75, 3.05) is 13.2 Å². The van der Waals surface area contributed by atoms with Crippen molar-refractivity contribution in [1.29, 1.82) is 0 Å². The van der Waals surface area contributed by atoms with Gasteiger partial charge >= 0.3 is 0 Å². The molecule has 0 bridgehead atoms. The number of benzene rings is 1. The van der Waals surface area contributed by atoms with Crippen LogP contribution in [0.4, 0.5) is 0 Å². The molecule has 17 heavy (non-hydrogen) atoms. The van der Waals surface area contributed by atoms with E-state index in [1.807, 2.05) is 12.1 Å². The Balaban J connectivity index is 0.00000108. The third kappa shape index (κ3) is 2.22. The maximum atomic E-state index is 6.29. The monoisotopic (exact) mass is 255 g/mol. The Labute approximate surface area is 108 Å². The van der Waals surface area contributed by atoms with E-state index in [1.165, 1.54) is 19.3 Å². The van der Waals surface area contributed by atoms with Crippen molar-refractivity contribution in [2.45, 2.75) is 25.3 Å². The first-order valence-corrected chi connectivity index (χ1v) is 6.00. The van der Waals surface area contributed by atoms with Crippen molar-refractivity contribution < 1.29 is 9.47 Å². The lowest BCUT2D eigenvalue weighted by Crippen LogP contribution is -2.28. The molecule has 2 N–H and O–H groups in total. The summed E-state index contributed by atoms with van der Waals surface area (Å²) < 4.78 is 11.3. The van der Waals surface area contributed by atoms with E-state index in [4.69, 9.17) is 15.2 Å². The van der Waals surface area contributed by atoms with Gasteiger partial charge in [-0.25, -0.2) is 0 Å². The van der Waals surface area contributed by atoms with E-state index in [-0.39, 0.29) is 18.4 Å². The van der Waals surface area contributed by atoms with Gasteiger partial charge in [0.25, 0.3) is 0 Å². The van der Waals surface area contributed by atoms with E-state index in [9.17, 15) is 0 Å². The van der Waals surface area contributed by atoms with Crippen LogP contribution in [0.3, 0.4) is 0 Å². The predicted molar refractivity (Wildman–Crippen MR) is 68.9 cm³/mol. The van der Waals surface area contributed by atoms with Crippen LogP contribution in [0.25, 0.3) is 0 Å². The molecule has 1 aliphatic carbocycles. The molecule has 1 atom stereocenters. The van der Waals surface area contributed by atoms with Gasteiger partial charge in [0, 0.05) is 11.6 Å². The molecule has 3 nitrogen and oxygen atoms in total. The Morgan fingerprint density at radius 3 is 2.65 bits per heavy atom. The van der Waals surface area contributed by atoms with Crippen molar-refractivity contribution in [2.24, 2.45) is 11.7 Å². The highest BCUT2D eigenvalue weighted by atomic mass is 35.5. The second kappa shape index (κ2) is 5.15. The second-order valence-electron chi connectivity index (χ2n) is 4.59. The molecule has 0 saturated heterocycles. The third-order valence-corrected chi connectivity index (χ3v) is 3.61. The number of fused-ring (bicyclic) bond motifs is 1. The molecule has 0 unspecified atom stereocenters. The van der Waals surface area contributed by atoms with Crippen molar-refractivity contribution >= 4 is 12.4 Å². The van der Waals surface area contributed by atoms with Crippen LogP contribution < -0.4 is 15.2 Å². The summed E-state index contributed by atoms with van der Waals surface area (Å²) in [6.07, 6.45) is 3.79. The predicted octanol–water partition coefficient (Wildman–Crippen LogP) is 2.68. The topological polar surface area (TPSA) is 44.5 Å². The van der Waals surface area contributed by atoms with E-state index in [2.05, 4.69) is 6.07 Å². The minimum absolute atomic E-state index is 0. The fraction of sp³-hybridized carbons (Fsp3) is 0.538. The maximum absolute atomic E-state index is 6.29. The lowest BCUT2D eigenvalue weighted by Gasteiger charge is -2.33. The molecule has 1 saturated carbocycles. The van der Waals surface area contributed by atoms with Crippen LogP contribution in [0.1, 0.15) is 30.9 Å². The molecule has 1 aromatic carbocycles. The molecule has 3 rings (SSSR count). The average molecular weight is 256 g/mol. The van der Waals surface area contributed by atoms with Gasteiger partial charge in [0.1, 0.15) is 13.2 Å². The number of nitrogens with two attached hydrogens (primary N) is 1. The molecule has 0 amide bonds. The summed E-state index contributed by atoms with van der Waals surface area (Å²) in [6.45, 7) is 1.26. The standard InChI is InChI=1S/C13H17NO2.ClH/c14-12(9-3-1-4-9)10-5-2-6-11-13(10)16-8-7-15-11;/h2,5-6,9,12H,1,3-4,7-8,14H2;1H/t12-;/m1./s1. The van der Waals surface area contributed by atoms with Crippen LogP contribution in [0, 0.1) is 5.92 Å². The number of ether oxygens (including phenoxy) is 2.